The maximum atomic E-state index is 12.1. The quantitative estimate of drug-likeness (QED) is 0.645. The van der Waals surface area contributed by atoms with Gasteiger partial charge in [0, 0.05) is 24.4 Å². The van der Waals surface area contributed by atoms with E-state index in [0.29, 0.717) is 0 Å². The summed E-state index contributed by atoms with van der Waals surface area (Å²) in [7, 11) is 0. The van der Waals surface area contributed by atoms with Crippen LogP contribution in [-0.4, -0.2) is 36.2 Å². The van der Waals surface area contributed by atoms with Crippen molar-refractivity contribution in [2.75, 3.05) is 13.1 Å². The van der Waals surface area contributed by atoms with Crippen molar-refractivity contribution >= 4 is 24.1 Å². The van der Waals surface area contributed by atoms with Gasteiger partial charge in [0.05, 0.1) is 6.04 Å². The van der Waals surface area contributed by atoms with Gasteiger partial charge in [-0.3, -0.25) is 4.79 Å². The highest BCUT2D eigenvalue weighted by molar-refractivity contribution is 7.97. The van der Waals surface area contributed by atoms with Gasteiger partial charge in [-0.05, 0) is 43.3 Å². The number of piperidine rings is 1. The van der Waals surface area contributed by atoms with Gasteiger partial charge < -0.3 is 9.69 Å². The van der Waals surface area contributed by atoms with Crippen LogP contribution in [0.2, 0.25) is 0 Å². The fourth-order valence-corrected chi connectivity index (χ4v) is 2.93. The van der Waals surface area contributed by atoms with Crippen molar-refractivity contribution in [3.63, 3.8) is 0 Å². The lowest BCUT2D eigenvalue weighted by Crippen LogP contribution is -2.39. The maximum absolute atomic E-state index is 12.1. The van der Waals surface area contributed by atoms with E-state index >= 15 is 0 Å². The molecule has 1 heterocycles. The van der Waals surface area contributed by atoms with E-state index in [-0.39, 0.29) is 12.3 Å². The Morgan fingerprint density at radius 3 is 2.60 bits per heavy atom. The van der Waals surface area contributed by atoms with Gasteiger partial charge in [-0.1, -0.05) is 18.2 Å². The van der Waals surface area contributed by atoms with E-state index in [4.69, 9.17) is 0 Å². The van der Waals surface area contributed by atoms with Gasteiger partial charge in [0.1, 0.15) is 6.29 Å². The Kier molecular flexibility index (Phi) is 6.08. The monoisotopic (exact) mass is 292 g/mol. The van der Waals surface area contributed by atoms with E-state index in [1.807, 2.05) is 35.2 Å². The number of carbonyl (C=O) groups excluding carboxylic acids is 2. The molecular weight excluding hydrogens is 272 g/mol. The zero-order chi connectivity index (χ0) is 14.2. The maximum Gasteiger partial charge on any atom is 0.224 e. The zero-order valence-electron chi connectivity index (χ0n) is 11.5. The molecule has 2 rings (SSSR count). The topological polar surface area (TPSA) is 49.4 Å². The third-order valence-electron chi connectivity index (χ3n) is 3.34. The summed E-state index contributed by atoms with van der Waals surface area (Å²) in [5.74, 6) is 0.0722. The predicted molar refractivity (Wildman–Crippen MR) is 80.3 cm³/mol. The van der Waals surface area contributed by atoms with Gasteiger partial charge >= 0.3 is 0 Å². The molecule has 20 heavy (non-hydrogen) atoms. The summed E-state index contributed by atoms with van der Waals surface area (Å²) in [5.41, 5.74) is 0. The molecule has 1 aromatic rings. The SMILES string of the molecule is O=CC(CC(=O)N1CCCCC1)NSc1ccccc1. The van der Waals surface area contributed by atoms with E-state index in [9.17, 15) is 9.59 Å². The molecule has 1 aromatic carbocycles. The zero-order valence-corrected chi connectivity index (χ0v) is 12.3. The molecular formula is C15H20N2O2S. The lowest BCUT2D eigenvalue weighted by atomic mass is 10.1. The molecule has 1 amide bonds. The molecule has 0 radical (unpaired) electrons. The van der Waals surface area contributed by atoms with E-state index < -0.39 is 6.04 Å². The molecule has 0 saturated carbocycles. The van der Waals surface area contributed by atoms with Crippen LogP contribution in [-0.2, 0) is 9.59 Å². The number of rotatable bonds is 6. The van der Waals surface area contributed by atoms with Crippen LogP contribution in [0.15, 0.2) is 35.2 Å². The first-order valence-electron chi connectivity index (χ1n) is 7.00. The summed E-state index contributed by atoms with van der Waals surface area (Å²) in [6, 6.07) is 9.33. The molecule has 1 atom stereocenters. The summed E-state index contributed by atoms with van der Waals surface area (Å²) in [4.78, 5) is 26.1. The molecule has 1 saturated heterocycles. The second-order valence-electron chi connectivity index (χ2n) is 4.92. The van der Waals surface area contributed by atoms with Crippen LogP contribution in [0.1, 0.15) is 25.7 Å². The van der Waals surface area contributed by atoms with Crippen molar-refractivity contribution in [1.29, 1.82) is 0 Å². The van der Waals surface area contributed by atoms with Crippen LogP contribution in [0, 0.1) is 0 Å². The van der Waals surface area contributed by atoms with E-state index in [2.05, 4.69) is 4.72 Å². The minimum absolute atomic E-state index is 0.0722. The van der Waals surface area contributed by atoms with Gasteiger partial charge in [-0.25, -0.2) is 4.72 Å². The molecule has 0 aliphatic carbocycles. The Labute approximate surface area is 124 Å². The highest BCUT2D eigenvalue weighted by Gasteiger charge is 2.20. The molecule has 1 N–H and O–H groups in total. The van der Waals surface area contributed by atoms with Gasteiger partial charge in [-0.2, -0.15) is 0 Å². The van der Waals surface area contributed by atoms with Crippen molar-refractivity contribution in [1.82, 2.24) is 9.62 Å². The van der Waals surface area contributed by atoms with Crippen LogP contribution in [0.4, 0.5) is 0 Å². The Morgan fingerprint density at radius 2 is 1.95 bits per heavy atom. The fourth-order valence-electron chi connectivity index (χ4n) is 2.21. The van der Waals surface area contributed by atoms with Gasteiger partial charge in [0.2, 0.25) is 5.91 Å². The highest BCUT2D eigenvalue weighted by atomic mass is 32.2. The summed E-state index contributed by atoms with van der Waals surface area (Å²) in [6.45, 7) is 1.66. The molecule has 5 heteroatoms. The van der Waals surface area contributed by atoms with Crippen molar-refractivity contribution < 1.29 is 9.59 Å². The number of hydrogen-bond donors (Lipinski definition) is 1. The van der Waals surface area contributed by atoms with Gasteiger partial charge in [-0.15, -0.1) is 0 Å². The molecule has 0 bridgehead atoms. The Hall–Kier alpha value is -1.33. The average molecular weight is 292 g/mol. The van der Waals surface area contributed by atoms with Gasteiger partial charge in [0.25, 0.3) is 0 Å². The standard InChI is InChI=1S/C15H20N2O2S/c18-12-13(16-20-14-7-3-1-4-8-14)11-15(19)17-9-5-2-6-10-17/h1,3-4,7-8,12-13,16H,2,5-6,9-11H2. The van der Waals surface area contributed by atoms with Crippen molar-refractivity contribution in [2.24, 2.45) is 0 Å². The highest BCUT2D eigenvalue weighted by Crippen LogP contribution is 2.15. The third-order valence-corrected chi connectivity index (χ3v) is 4.27. The lowest BCUT2D eigenvalue weighted by molar-refractivity contribution is -0.133. The van der Waals surface area contributed by atoms with E-state index in [1.165, 1.54) is 18.4 Å². The predicted octanol–water partition coefficient (Wildman–Crippen LogP) is 2.25. The summed E-state index contributed by atoms with van der Waals surface area (Å²) < 4.78 is 3.06. The summed E-state index contributed by atoms with van der Waals surface area (Å²) in [6.07, 6.45) is 4.40. The van der Waals surface area contributed by atoms with Crippen molar-refractivity contribution in [2.45, 2.75) is 36.6 Å². The molecule has 108 valence electrons. The smallest absolute Gasteiger partial charge is 0.224 e. The molecule has 1 fully saturated rings. The molecule has 1 unspecified atom stereocenters. The van der Waals surface area contributed by atoms with Crippen molar-refractivity contribution in [3.8, 4) is 0 Å². The van der Waals surface area contributed by atoms with Crippen LogP contribution >= 0.6 is 11.9 Å². The number of likely N-dealkylation sites (tertiary alicyclic amines) is 1. The molecule has 0 spiro atoms. The number of benzene rings is 1. The van der Waals surface area contributed by atoms with Crippen LogP contribution in [0.3, 0.4) is 0 Å². The summed E-state index contributed by atoms with van der Waals surface area (Å²) >= 11 is 1.39. The van der Waals surface area contributed by atoms with E-state index in [1.54, 1.807) is 0 Å². The van der Waals surface area contributed by atoms with Crippen LogP contribution in [0.25, 0.3) is 0 Å². The number of carbonyl (C=O) groups is 2. The minimum Gasteiger partial charge on any atom is -0.343 e. The average Bonchev–Trinajstić information content (AvgIpc) is 2.53. The Bertz CT molecular complexity index is 433. The first kappa shape index (κ1) is 15.1. The number of nitrogens with one attached hydrogen (secondary N) is 1. The number of nitrogens with zero attached hydrogens (tertiary/aromatic N) is 1. The first-order valence-corrected chi connectivity index (χ1v) is 7.82. The first-order chi connectivity index (χ1) is 9.79. The lowest BCUT2D eigenvalue weighted by Gasteiger charge is -2.27. The third kappa shape index (κ3) is 4.65. The molecule has 0 aromatic heterocycles. The second-order valence-corrected chi connectivity index (χ2v) is 5.83. The molecule has 1 aliphatic heterocycles. The second kappa shape index (κ2) is 8.07. The fraction of sp³-hybridized carbons (Fsp3) is 0.467. The molecule has 1 aliphatic rings. The number of aldehydes is 1. The van der Waals surface area contributed by atoms with Crippen LogP contribution in [0.5, 0.6) is 0 Å². The Morgan fingerprint density at radius 1 is 1.25 bits per heavy atom. The Balaban J connectivity index is 1.79. The van der Waals surface area contributed by atoms with Gasteiger partial charge in [0.15, 0.2) is 0 Å². The summed E-state index contributed by atoms with van der Waals surface area (Å²) in [5, 5.41) is 0. The van der Waals surface area contributed by atoms with Crippen LogP contribution < -0.4 is 4.72 Å². The normalized spacial score (nSPS) is 16.7. The molecule has 4 nitrogen and oxygen atoms in total. The number of amides is 1. The van der Waals surface area contributed by atoms with E-state index in [0.717, 1.165) is 37.1 Å². The minimum atomic E-state index is -0.436. The number of hydrogen-bond acceptors (Lipinski definition) is 4. The van der Waals surface area contributed by atoms with Crippen molar-refractivity contribution in [3.05, 3.63) is 30.3 Å². The largest absolute Gasteiger partial charge is 0.343 e.